The van der Waals surface area contributed by atoms with Crippen LogP contribution in [0.3, 0.4) is 0 Å². The van der Waals surface area contributed by atoms with Crippen LogP contribution in [0.4, 0.5) is 0 Å². The molecule has 174 valence electrons. The zero-order valence-electron chi connectivity index (χ0n) is 18.5. The van der Waals surface area contributed by atoms with Crippen molar-refractivity contribution in [2.45, 2.75) is 56.8 Å². The Morgan fingerprint density at radius 3 is 2.34 bits per heavy atom. The Bertz CT molecular complexity index is 987. The number of sulfonamides is 1. The van der Waals surface area contributed by atoms with Gasteiger partial charge < -0.3 is 9.47 Å². The second-order valence-corrected chi connectivity index (χ2v) is 10.00. The lowest BCUT2D eigenvalue weighted by atomic mass is 9.90. The number of carbonyl (C=O) groups is 1. The van der Waals surface area contributed by atoms with Crippen molar-refractivity contribution in [2.24, 2.45) is 5.92 Å². The summed E-state index contributed by atoms with van der Waals surface area (Å²) in [5.41, 5.74) is 1.33. The van der Waals surface area contributed by atoms with Crippen LogP contribution < -0.4 is 14.9 Å². The number of hydrogen-bond acceptors (Lipinski definition) is 6. The lowest BCUT2D eigenvalue weighted by Gasteiger charge is -2.32. The second kappa shape index (κ2) is 10.4. The maximum absolute atomic E-state index is 12.9. The van der Waals surface area contributed by atoms with Gasteiger partial charge in [0.2, 0.25) is 15.9 Å². The number of hydroxylamine groups is 1. The molecule has 1 heterocycles. The first kappa shape index (κ1) is 24.2. The standard InChI is InChI=1S/C23H30N2O6S/c1-17(22(26)24-31-21-11-7-8-16-29-21)23(2,3)25-32(27,28)20-14-12-19(13-15-20)30-18-9-5-4-6-10-18/h4-6,9-10,12-15,17,21,25H,7-8,11,16H2,1-3H3,(H,24,26). The van der Waals surface area contributed by atoms with Gasteiger partial charge in [0.15, 0.2) is 6.29 Å². The maximum Gasteiger partial charge on any atom is 0.248 e. The van der Waals surface area contributed by atoms with Crippen molar-refractivity contribution >= 4 is 15.9 Å². The van der Waals surface area contributed by atoms with E-state index in [9.17, 15) is 13.2 Å². The van der Waals surface area contributed by atoms with E-state index in [0.29, 0.717) is 24.5 Å². The van der Waals surface area contributed by atoms with Gasteiger partial charge in [-0.25, -0.2) is 23.5 Å². The fourth-order valence-electron chi connectivity index (χ4n) is 3.15. The first-order valence-corrected chi connectivity index (χ1v) is 12.1. The number of carbonyl (C=O) groups excluding carboxylic acids is 1. The summed E-state index contributed by atoms with van der Waals surface area (Å²) >= 11 is 0. The van der Waals surface area contributed by atoms with Crippen LogP contribution in [0.25, 0.3) is 0 Å². The zero-order valence-corrected chi connectivity index (χ0v) is 19.4. The molecule has 0 spiro atoms. The number of hydrogen-bond donors (Lipinski definition) is 2. The number of benzene rings is 2. The predicted molar refractivity (Wildman–Crippen MR) is 119 cm³/mol. The molecule has 0 aromatic heterocycles. The number of amides is 1. The summed E-state index contributed by atoms with van der Waals surface area (Å²) in [5, 5.41) is 0. The normalized spacial score (nSPS) is 18.0. The number of ether oxygens (including phenoxy) is 2. The molecule has 2 unspecified atom stereocenters. The molecule has 1 aliphatic heterocycles. The highest BCUT2D eigenvalue weighted by molar-refractivity contribution is 7.89. The summed E-state index contributed by atoms with van der Waals surface area (Å²) in [6.45, 7) is 5.54. The molecule has 1 aliphatic rings. The van der Waals surface area contributed by atoms with Crippen molar-refractivity contribution in [3.63, 3.8) is 0 Å². The number of para-hydroxylation sites is 1. The summed E-state index contributed by atoms with van der Waals surface area (Å²) in [7, 11) is -3.87. The highest BCUT2D eigenvalue weighted by Crippen LogP contribution is 2.25. The van der Waals surface area contributed by atoms with Crippen molar-refractivity contribution in [2.75, 3.05) is 6.61 Å². The van der Waals surface area contributed by atoms with Crippen LogP contribution in [0.1, 0.15) is 40.0 Å². The monoisotopic (exact) mass is 462 g/mol. The lowest BCUT2D eigenvalue weighted by molar-refractivity contribution is -0.202. The fraction of sp³-hybridized carbons (Fsp3) is 0.435. The van der Waals surface area contributed by atoms with E-state index >= 15 is 0 Å². The first-order valence-electron chi connectivity index (χ1n) is 10.6. The first-order chi connectivity index (χ1) is 15.2. The molecular formula is C23H30N2O6S. The average molecular weight is 463 g/mol. The van der Waals surface area contributed by atoms with Crippen LogP contribution >= 0.6 is 0 Å². The molecule has 0 bridgehead atoms. The van der Waals surface area contributed by atoms with E-state index in [-0.39, 0.29) is 4.90 Å². The minimum absolute atomic E-state index is 0.0745. The molecule has 2 aromatic carbocycles. The van der Waals surface area contributed by atoms with Gasteiger partial charge in [-0.05, 0) is 63.1 Å². The Labute approximate surface area is 189 Å². The van der Waals surface area contributed by atoms with Gasteiger partial charge in [0.1, 0.15) is 11.5 Å². The van der Waals surface area contributed by atoms with E-state index in [2.05, 4.69) is 10.2 Å². The van der Waals surface area contributed by atoms with Gasteiger partial charge in [0, 0.05) is 18.6 Å². The lowest BCUT2D eigenvalue weighted by Crippen LogP contribution is -2.53. The van der Waals surface area contributed by atoms with Gasteiger partial charge in [-0.15, -0.1) is 0 Å². The largest absolute Gasteiger partial charge is 0.457 e. The van der Waals surface area contributed by atoms with Crippen LogP contribution in [-0.4, -0.2) is 32.8 Å². The van der Waals surface area contributed by atoms with Crippen molar-refractivity contribution in [1.29, 1.82) is 0 Å². The minimum atomic E-state index is -3.87. The van der Waals surface area contributed by atoms with E-state index in [1.807, 2.05) is 30.3 Å². The molecule has 0 radical (unpaired) electrons. The predicted octanol–water partition coefficient (Wildman–Crippen LogP) is 3.75. The second-order valence-electron chi connectivity index (χ2n) is 8.32. The van der Waals surface area contributed by atoms with Crippen LogP contribution in [0.15, 0.2) is 59.5 Å². The van der Waals surface area contributed by atoms with Crippen molar-refractivity contribution in [1.82, 2.24) is 10.2 Å². The molecule has 1 amide bonds. The van der Waals surface area contributed by atoms with Crippen LogP contribution in [0.2, 0.25) is 0 Å². The minimum Gasteiger partial charge on any atom is -0.457 e. The molecule has 0 saturated carbocycles. The zero-order chi connectivity index (χ0) is 23.2. The quantitative estimate of drug-likeness (QED) is 0.550. The Hall–Kier alpha value is -2.46. The number of nitrogens with one attached hydrogen (secondary N) is 2. The van der Waals surface area contributed by atoms with Crippen LogP contribution in [0, 0.1) is 5.92 Å². The molecular weight excluding hydrogens is 432 g/mol. The number of rotatable bonds is 9. The van der Waals surface area contributed by atoms with E-state index < -0.39 is 33.7 Å². The van der Waals surface area contributed by atoms with Crippen LogP contribution in [0.5, 0.6) is 11.5 Å². The highest BCUT2D eigenvalue weighted by atomic mass is 32.2. The molecule has 9 heteroatoms. The molecule has 0 aliphatic carbocycles. The third kappa shape index (κ3) is 6.52. The summed E-state index contributed by atoms with van der Waals surface area (Å²) in [4.78, 5) is 17.9. The molecule has 32 heavy (non-hydrogen) atoms. The van der Waals surface area contributed by atoms with Crippen LogP contribution in [-0.2, 0) is 24.4 Å². The molecule has 1 saturated heterocycles. The van der Waals surface area contributed by atoms with Gasteiger partial charge in [0.05, 0.1) is 10.8 Å². The molecule has 2 aromatic rings. The van der Waals surface area contributed by atoms with Crippen molar-refractivity contribution in [3.05, 3.63) is 54.6 Å². The van der Waals surface area contributed by atoms with E-state index in [4.69, 9.17) is 14.3 Å². The topological polar surface area (TPSA) is 103 Å². The van der Waals surface area contributed by atoms with E-state index in [1.54, 1.807) is 32.9 Å². The third-order valence-electron chi connectivity index (χ3n) is 5.42. The van der Waals surface area contributed by atoms with Gasteiger partial charge in [0.25, 0.3) is 0 Å². The fourth-order valence-corrected chi connectivity index (χ4v) is 4.63. The van der Waals surface area contributed by atoms with Gasteiger partial charge >= 0.3 is 0 Å². The van der Waals surface area contributed by atoms with E-state index in [0.717, 1.165) is 12.8 Å². The van der Waals surface area contributed by atoms with Crippen molar-refractivity contribution in [3.8, 4) is 11.5 Å². The maximum atomic E-state index is 12.9. The van der Waals surface area contributed by atoms with Gasteiger partial charge in [-0.1, -0.05) is 25.1 Å². The highest BCUT2D eigenvalue weighted by Gasteiger charge is 2.36. The third-order valence-corrected chi connectivity index (χ3v) is 7.10. The smallest absolute Gasteiger partial charge is 0.248 e. The SMILES string of the molecule is CC(C(=O)NOC1CCCCO1)C(C)(C)NS(=O)(=O)c1ccc(Oc2ccccc2)cc1. The summed E-state index contributed by atoms with van der Waals surface area (Å²) in [5.74, 6) is 0.0346. The molecule has 8 nitrogen and oxygen atoms in total. The summed E-state index contributed by atoms with van der Waals surface area (Å²) in [6, 6.07) is 15.3. The summed E-state index contributed by atoms with van der Waals surface area (Å²) in [6.07, 6.45) is 2.17. The Balaban J connectivity index is 1.60. The Kier molecular flexibility index (Phi) is 7.89. The molecule has 3 rings (SSSR count). The Morgan fingerprint density at radius 1 is 1.06 bits per heavy atom. The van der Waals surface area contributed by atoms with Gasteiger partial charge in [-0.3, -0.25) is 4.79 Å². The van der Waals surface area contributed by atoms with Crippen molar-refractivity contribution < 1.29 is 27.5 Å². The van der Waals surface area contributed by atoms with Gasteiger partial charge in [-0.2, -0.15) is 0 Å². The molecule has 2 atom stereocenters. The molecule has 1 fully saturated rings. The average Bonchev–Trinajstić information content (AvgIpc) is 2.78. The summed E-state index contributed by atoms with van der Waals surface area (Å²) < 4.78 is 39.6. The van der Waals surface area contributed by atoms with E-state index in [1.165, 1.54) is 12.1 Å². The molecule has 2 N–H and O–H groups in total. The Morgan fingerprint density at radius 2 is 1.72 bits per heavy atom.